The van der Waals surface area contributed by atoms with E-state index in [1.54, 1.807) is 11.3 Å². The number of amides is 1. The third kappa shape index (κ3) is 4.60. The van der Waals surface area contributed by atoms with Crippen LogP contribution in [0.3, 0.4) is 0 Å². The lowest BCUT2D eigenvalue weighted by Gasteiger charge is -2.02. The Morgan fingerprint density at radius 2 is 2.05 bits per heavy atom. The van der Waals surface area contributed by atoms with Crippen molar-refractivity contribution < 1.29 is 4.79 Å². The molecule has 1 fully saturated rings. The molecule has 0 unspecified atom stereocenters. The fourth-order valence-corrected chi connectivity index (χ4v) is 3.39. The Kier molecular flexibility index (Phi) is 8.57. The molecule has 1 amide bonds. The van der Waals surface area contributed by atoms with Gasteiger partial charge in [0.15, 0.2) is 0 Å². The van der Waals surface area contributed by atoms with Crippen molar-refractivity contribution in [2.24, 2.45) is 5.73 Å². The van der Waals surface area contributed by atoms with Gasteiger partial charge in [0, 0.05) is 19.0 Å². The summed E-state index contributed by atoms with van der Waals surface area (Å²) in [6, 6.07) is 0. The molecule has 0 spiro atoms. The number of nitrogens with zero attached hydrogens (tertiary/aromatic N) is 1. The van der Waals surface area contributed by atoms with Gasteiger partial charge in [-0.1, -0.05) is 12.8 Å². The number of hydrogen-bond acceptors (Lipinski definition) is 4. The maximum Gasteiger partial charge on any atom is 0.263 e. The Morgan fingerprint density at radius 3 is 2.63 bits per heavy atom. The lowest BCUT2D eigenvalue weighted by atomic mass is 10.1. The molecule has 1 heterocycles. The van der Waals surface area contributed by atoms with E-state index in [0.29, 0.717) is 19.0 Å². The first-order valence-electron chi connectivity index (χ1n) is 6.18. The number of nitrogens with two attached hydrogens (primary N) is 1. The molecule has 0 aromatic carbocycles. The van der Waals surface area contributed by atoms with E-state index in [9.17, 15) is 4.79 Å². The van der Waals surface area contributed by atoms with Crippen LogP contribution in [0.5, 0.6) is 0 Å². The molecule has 1 aliphatic carbocycles. The van der Waals surface area contributed by atoms with Crippen LogP contribution in [-0.2, 0) is 0 Å². The number of carbonyl (C=O) groups is 1. The SMILES string of the molecule is Cc1nc(C2CCCC2)sc1C(=O)NCCN.Cl.Cl. The number of carbonyl (C=O) groups excluding carboxylic acids is 1. The third-order valence-corrected chi connectivity index (χ3v) is 4.47. The number of thiazole rings is 1. The van der Waals surface area contributed by atoms with Gasteiger partial charge in [0.05, 0.1) is 10.7 Å². The number of nitrogens with one attached hydrogen (secondary N) is 1. The predicted molar refractivity (Wildman–Crippen MR) is 83.9 cm³/mol. The molecule has 0 radical (unpaired) electrons. The number of halogens is 2. The average molecular weight is 326 g/mol. The molecule has 19 heavy (non-hydrogen) atoms. The molecule has 2 rings (SSSR count). The van der Waals surface area contributed by atoms with Crippen LogP contribution < -0.4 is 11.1 Å². The van der Waals surface area contributed by atoms with Crippen LogP contribution in [0.1, 0.15) is 52.0 Å². The largest absolute Gasteiger partial charge is 0.350 e. The van der Waals surface area contributed by atoms with Gasteiger partial charge in [-0.15, -0.1) is 36.2 Å². The Bertz CT molecular complexity index is 406. The van der Waals surface area contributed by atoms with E-state index in [2.05, 4.69) is 10.3 Å². The summed E-state index contributed by atoms with van der Waals surface area (Å²) in [5.41, 5.74) is 6.22. The minimum absolute atomic E-state index is 0. The van der Waals surface area contributed by atoms with Gasteiger partial charge < -0.3 is 11.1 Å². The van der Waals surface area contributed by atoms with Gasteiger partial charge in [0.1, 0.15) is 4.88 Å². The van der Waals surface area contributed by atoms with Crippen LogP contribution in [0.25, 0.3) is 0 Å². The van der Waals surface area contributed by atoms with Crippen molar-refractivity contribution in [1.29, 1.82) is 0 Å². The van der Waals surface area contributed by atoms with Crippen LogP contribution in [0.2, 0.25) is 0 Å². The average Bonchev–Trinajstić information content (AvgIpc) is 2.94. The van der Waals surface area contributed by atoms with Crippen LogP contribution >= 0.6 is 36.2 Å². The highest BCUT2D eigenvalue weighted by Crippen LogP contribution is 2.36. The standard InChI is InChI=1S/C12H19N3OS.2ClH/c1-8-10(11(16)14-7-6-13)17-12(15-8)9-4-2-3-5-9;;/h9H,2-7,13H2,1H3,(H,14,16);2*1H. The summed E-state index contributed by atoms with van der Waals surface area (Å²) >= 11 is 1.55. The van der Waals surface area contributed by atoms with Crippen LogP contribution in [0.4, 0.5) is 0 Å². The van der Waals surface area contributed by atoms with E-state index in [4.69, 9.17) is 5.73 Å². The molecule has 7 heteroatoms. The normalized spacial score (nSPS) is 14.6. The first-order chi connectivity index (χ1) is 8.22. The first kappa shape index (κ1) is 18.6. The Morgan fingerprint density at radius 1 is 1.42 bits per heavy atom. The quantitative estimate of drug-likeness (QED) is 0.894. The first-order valence-corrected chi connectivity index (χ1v) is 6.99. The van der Waals surface area contributed by atoms with Crippen molar-refractivity contribution in [3.63, 3.8) is 0 Å². The molecule has 0 aliphatic heterocycles. The predicted octanol–water partition coefficient (Wildman–Crippen LogP) is 2.64. The summed E-state index contributed by atoms with van der Waals surface area (Å²) in [6.45, 7) is 2.90. The zero-order valence-corrected chi connectivity index (χ0v) is 13.4. The molecule has 0 bridgehead atoms. The molecular weight excluding hydrogens is 305 g/mol. The monoisotopic (exact) mass is 325 g/mol. The van der Waals surface area contributed by atoms with Gasteiger partial charge in [-0.25, -0.2) is 4.98 Å². The van der Waals surface area contributed by atoms with E-state index in [-0.39, 0.29) is 30.7 Å². The minimum atomic E-state index is -0.0327. The lowest BCUT2D eigenvalue weighted by molar-refractivity contribution is 0.0958. The van der Waals surface area contributed by atoms with Gasteiger partial charge in [0.25, 0.3) is 5.91 Å². The highest BCUT2D eigenvalue weighted by atomic mass is 35.5. The number of aromatic nitrogens is 1. The summed E-state index contributed by atoms with van der Waals surface area (Å²) in [7, 11) is 0. The third-order valence-electron chi connectivity index (χ3n) is 3.15. The summed E-state index contributed by atoms with van der Waals surface area (Å²) in [4.78, 5) is 17.2. The molecule has 0 atom stereocenters. The van der Waals surface area contributed by atoms with Crippen molar-refractivity contribution in [3.05, 3.63) is 15.6 Å². The van der Waals surface area contributed by atoms with Crippen molar-refractivity contribution in [3.8, 4) is 0 Å². The van der Waals surface area contributed by atoms with Gasteiger partial charge in [-0.2, -0.15) is 0 Å². The summed E-state index contributed by atoms with van der Waals surface area (Å²) in [6.07, 6.45) is 5.02. The highest BCUT2D eigenvalue weighted by Gasteiger charge is 2.23. The van der Waals surface area contributed by atoms with Gasteiger partial charge in [0.2, 0.25) is 0 Å². The van der Waals surface area contributed by atoms with Gasteiger partial charge in [-0.05, 0) is 19.8 Å². The maximum atomic E-state index is 11.9. The Balaban J connectivity index is 0.00000162. The molecule has 4 nitrogen and oxygen atoms in total. The number of aryl methyl sites for hydroxylation is 1. The van der Waals surface area contributed by atoms with E-state index >= 15 is 0 Å². The van der Waals surface area contributed by atoms with E-state index in [0.717, 1.165) is 15.6 Å². The van der Waals surface area contributed by atoms with Gasteiger partial charge >= 0.3 is 0 Å². The Labute approximate surface area is 130 Å². The van der Waals surface area contributed by atoms with Crippen LogP contribution in [-0.4, -0.2) is 24.0 Å². The van der Waals surface area contributed by atoms with Crippen molar-refractivity contribution in [2.45, 2.75) is 38.5 Å². The molecular formula is C12H21Cl2N3OS. The van der Waals surface area contributed by atoms with Crippen LogP contribution in [0, 0.1) is 6.92 Å². The topological polar surface area (TPSA) is 68.0 Å². The summed E-state index contributed by atoms with van der Waals surface area (Å²) in [5.74, 6) is 0.546. The second kappa shape index (κ2) is 8.74. The second-order valence-electron chi connectivity index (χ2n) is 4.49. The smallest absolute Gasteiger partial charge is 0.263 e. The maximum absolute atomic E-state index is 11.9. The lowest BCUT2D eigenvalue weighted by Crippen LogP contribution is -2.28. The number of rotatable bonds is 4. The highest BCUT2D eigenvalue weighted by molar-refractivity contribution is 7.13. The number of hydrogen-bond donors (Lipinski definition) is 2. The Hall–Kier alpha value is -0.360. The summed E-state index contributed by atoms with van der Waals surface area (Å²) in [5, 5.41) is 3.94. The minimum Gasteiger partial charge on any atom is -0.350 e. The molecule has 110 valence electrons. The zero-order chi connectivity index (χ0) is 12.3. The zero-order valence-electron chi connectivity index (χ0n) is 11.0. The van der Waals surface area contributed by atoms with E-state index < -0.39 is 0 Å². The molecule has 1 aromatic heterocycles. The molecule has 1 aromatic rings. The fourth-order valence-electron chi connectivity index (χ4n) is 2.24. The van der Waals surface area contributed by atoms with Crippen molar-refractivity contribution in [2.75, 3.05) is 13.1 Å². The van der Waals surface area contributed by atoms with E-state index in [1.165, 1.54) is 25.7 Å². The summed E-state index contributed by atoms with van der Waals surface area (Å²) < 4.78 is 0. The van der Waals surface area contributed by atoms with Crippen molar-refractivity contribution in [1.82, 2.24) is 10.3 Å². The van der Waals surface area contributed by atoms with E-state index in [1.807, 2.05) is 6.92 Å². The second-order valence-corrected chi connectivity index (χ2v) is 5.52. The van der Waals surface area contributed by atoms with Crippen molar-refractivity contribution >= 4 is 42.1 Å². The molecule has 1 saturated carbocycles. The molecule has 0 saturated heterocycles. The van der Waals surface area contributed by atoms with Gasteiger partial charge in [-0.3, -0.25) is 4.79 Å². The fraction of sp³-hybridized carbons (Fsp3) is 0.667. The molecule has 3 N–H and O–H groups in total. The van der Waals surface area contributed by atoms with Crippen LogP contribution in [0.15, 0.2) is 0 Å². The molecule has 1 aliphatic rings.